The van der Waals surface area contributed by atoms with Crippen molar-refractivity contribution in [3.05, 3.63) is 47.3 Å². The van der Waals surface area contributed by atoms with Crippen LogP contribution in [0.4, 0.5) is 4.39 Å². The van der Waals surface area contributed by atoms with E-state index in [1.807, 2.05) is 12.1 Å². The van der Waals surface area contributed by atoms with E-state index in [4.69, 9.17) is 5.26 Å². The lowest BCUT2D eigenvalue weighted by Gasteiger charge is -2.29. The van der Waals surface area contributed by atoms with Crippen molar-refractivity contribution in [1.82, 2.24) is 0 Å². The molecule has 2 saturated carbocycles. The van der Waals surface area contributed by atoms with E-state index < -0.39 is 0 Å². The highest BCUT2D eigenvalue weighted by molar-refractivity contribution is 5.35. The molecular weight excluding hydrogens is 309 g/mol. The summed E-state index contributed by atoms with van der Waals surface area (Å²) in [4.78, 5) is 0. The Balaban J connectivity index is 1.48. The van der Waals surface area contributed by atoms with E-state index in [9.17, 15) is 4.39 Å². The Hall–Kier alpha value is -1.62. The molecule has 0 spiro atoms. The molecule has 2 heteroatoms. The van der Waals surface area contributed by atoms with Gasteiger partial charge in [0.2, 0.25) is 0 Å². The van der Waals surface area contributed by atoms with Crippen LogP contribution in [0, 0.1) is 34.9 Å². The lowest BCUT2D eigenvalue weighted by atomic mass is 9.77. The standard InChI is InChI=1S/C23H30FN/c1-2-17-3-5-18(6-4-17)7-8-19-9-11-20(12-10-19)21-13-14-22(16-25)23(24)15-21/h7-8,13-15,17-20H,2-6,9-12H2,1H3/b8-7+/t17-,18-,19-,20-. The highest BCUT2D eigenvalue weighted by Crippen LogP contribution is 2.38. The maximum absolute atomic E-state index is 13.8. The molecule has 1 aromatic carbocycles. The third kappa shape index (κ3) is 4.72. The normalized spacial score (nSPS) is 30.3. The van der Waals surface area contributed by atoms with E-state index in [1.165, 1.54) is 44.9 Å². The van der Waals surface area contributed by atoms with Crippen molar-refractivity contribution in [2.24, 2.45) is 17.8 Å². The van der Waals surface area contributed by atoms with Crippen LogP contribution in [0.25, 0.3) is 0 Å². The summed E-state index contributed by atoms with van der Waals surface area (Å²) in [5.41, 5.74) is 1.22. The minimum absolute atomic E-state index is 0.151. The van der Waals surface area contributed by atoms with Crippen molar-refractivity contribution >= 4 is 0 Å². The molecule has 3 rings (SSSR count). The van der Waals surface area contributed by atoms with Gasteiger partial charge in [0.05, 0.1) is 5.56 Å². The number of hydrogen-bond donors (Lipinski definition) is 0. The Labute approximate surface area is 151 Å². The van der Waals surface area contributed by atoms with Crippen LogP contribution in [-0.2, 0) is 0 Å². The first-order valence-electron chi connectivity index (χ1n) is 10.1. The van der Waals surface area contributed by atoms with E-state index in [0.717, 1.165) is 30.2 Å². The zero-order chi connectivity index (χ0) is 17.6. The number of nitrogens with zero attached hydrogens (tertiary/aromatic N) is 1. The summed E-state index contributed by atoms with van der Waals surface area (Å²) in [5, 5.41) is 8.85. The third-order valence-electron chi connectivity index (χ3n) is 6.48. The van der Waals surface area contributed by atoms with Crippen LogP contribution >= 0.6 is 0 Å². The molecule has 2 aliphatic carbocycles. The topological polar surface area (TPSA) is 23.8 Å². The Kier molecular flexibility index (Phi) is 6.29. The molecule has 0 bridgehead atoms. The lowest BCUT2D eigenvalue weighted by molar-refractivity contribution is 0.301. The monoisotopic (exact) mass is 339 g/mol. The molecule has 0 atom stereocenters. The number of rotatable bonds is 4. The van der Waals surface area contributed by atoms with Crippen molar-refractivity contribution in [3.63, 3.8) is 0 Å². The predicted octanol–water partition coefficient (Wildman–Crippen LogP) is 6.74. The summed E-state index contributed by atoms with van der Waals surface area (Å²) < 4.78 is 13.8. The number of halogens is 1. The highest BCUT2D eigenvalue weighted by Gasteiger charge is 2.23. The van der Waals surface area contributed by atoms with Gasteiger partial charge in [0, 0.05) is 0 Å². The van der Waals surface area contributed by atoms with Crippen molar-refractivity contribution in [1.29, 1.82) is 5.26 Å². The summed E-state index contributed by atoms with van der Waals surface area (Å²) >= 11 is 0. The first-order chi connectivity index (χ1) is 12.2. The SMILES string of the molecule is CC[C@H]1CC[C@H](/C=C/[C@H]2CC[C@H](c3ccc(C#N)c(F)c3)CC2)CC1. The number of hydrogen-bond acceptors (Lipinski definition) is 1. The third-order valence-corrected chi connectivity index (χ3v) is 6.48. The first kappa shape index (κ1) is 18.2. The van der Waals surface area contributed by atoms with E-state index in [1.54, 1.807) is 12.1 Å². The van der Waals surface area contributed by atoms with Gasteiger partial charge in [-0.1, -0.05) is 31.6 Å². The second-order valence-electron chi connectivity index (χ2n) is 8.04. The van der Waals surface area contributed by atoms with Gasteiger partial charge in [-0.2, -0.15) is 5.26 Å². The Morgan fingerprint density at radius 1 is 1.00 bits per heavy atom. The molecule has 2 fully saturated rings. The van der Waals surface area contributed by atoms with Gasteiger partial charge in [-0.05, 0) is 92.7 Å². The van der Waals surface area contributed by atoms with Gasteiger partial charge < -0.3 is 0 Å². The fourth-order valence-corrected chi connectivity index (χ4v) is 4.62. The van der Waals surface area contributed by atoms with Crippen molar-refractivity contribution in [2.75, 3.05) is 0 Å². The molecule has 134 valence electrons. The Morgan fingerprint density at radius 2 is 1.60 bits per heavy atom. The van der Waals surface area contributed by atoms with Gasteiger partial charge in [-0.3, -0.25) is 0 Å². The van der Waals surface area contributed by atoms with Gasteiger partial charge in [0.25, 0.3) is 0 Å². The summed E-state index contributed by atoms with van der Waals surface area (Å²) in [5.74, 6) is 2.54. The van der Waals surface area contributed by atoms with Crippen molar-refractivity contribution in [3.8, 4) is 6.07 Å². The van der Waals surface area contributed by atoms with Gasteiger partial charge in [0.15, 0.2) is 0 Å². The molecule has 25 heavy (non-hydrogen) atoms. The molecule has 2 aliphatic rings. The second kappa shape index (κ2) is 8.65. The molecule has 0 aromatic heterocycles. The fourth-order valence-electron chi connectivity index (χ4n) is 4.62. The molecule has 0 unspecified atom stereocenters. The van der Waals surface area contributed by atoms with E-state index in [-0.39, 0.29) is 11.4 Å². The van der Waals surface area contributed by atoms with Crippen LogP contribution in [0.15, 0.2) is 30.4 Å². The predicted molar refractivity (Wildman–Crippen MR) is 101 cm³/mol. The zero-order valence-electron chi connectivity index (χ0n) is 15.4. The lowest BCUT2D eigenvalue weighted by Crippen LogP contribution is -2.14. The van der Waals surface area contributed by atoms with E-state index in [2.05, 4.69) is 19.1 Å². The average molecular weight is 339 g/mol. The Bertz CT molecular complexity index is 626. The largest absolute Gasteiger partial charge is 0.206 e. The summed E-state index contributed by atoms with van der Waals surface area (Å²) in [6.45, 7) is 2.32. The van der Waals surface area contributed by atoms with Crippen molar-refractivity contribution < 1.29 is 4.39 Å². The van der Waals surface area contributed by atoms with Crippen LogP contribution in [0.5, 0.6) is 0 Å². The maximum atomic E-state index is 13.8. The maximum Gasteiger partial charge on any atom is 0.141 e. The number of benzene rings is 1. The molecule has 0 amide bonds. The number of allylic oxidation sites excluding steroid dienone is 2. The van der Waals surface area contributed by atoms with E-state index in [0.29, 0.717) is 11.8 Å². The van der Waals surface area contributed by atoms with Crippen molar-refractivity contribution in [2.45, 2.75) is 70.6 Å². The molecule has 0 heterocycles. The van der Waals surface area contributed by atoms with Crippen LogP contribution in [0.2, 0.25) is 0 Å². The van der Waals surface area contributed by atoms with Crippen LogP contribution in [0.1, 0.15) is 81.8 Å². The van der Waals surface area contributed by atoms with Crippen LogP contribution in [0.3, 0.4) is 0 Å². The molecule has 0 radical (unpaired) electrons. The van der Waals surface area contributed by atoms with Gasteiger partial charge in [0.1, 0.15) is 11.9 Å². The van der Waals surface area contributed by atoms with Gasteiger partial charge >= 0.3 is 0 Å². The molecule has 0 saturated heterocycles. The van der Waals surface area contributed by atoms with Gasteiger partial charge in [-0.15, -0.1) is 0 Å². The minimum atomic E-state index is -0.371. The zero-order valence-corrected chi connectivity index (χ0v) is 15.4. The van der Waals surface area contributed by atoms with Gasteiger partial charge in [-0.25, -0.2) is 4.39 Å². The van der Waals surface area contributed by atoms with E-state index >= 15 is 0 Å². The molecule has 0 aliphatic heterocycles. The number of nitriles is 1. The van der Waals surface area contributed by atoms with Crippen LogP contribution in [-0.4, -0.2) is 0 Å². The summed E-state index contributed by atoms with van der Waals surface area (Å²) in [6.07, 6.45) is 16.5. The second-order valence-corrected chi connectivity index (χ2v) is 8.04. The minimum Gasteiger partial charge on any atom is -0.206 e. The Morgan fingerprint density at radius 3 is 2.12 bits per heavy atom. The molecule has 1 nitrogen and oxygen atoms in total. The fraction of sp³-hybridized carbons (Fsp3) is 0.609. The first-order valence-corrected chi connectivity index (χ1v) is 10.1. The quantitative estimate of drug-likeness (QED) is 0.557. The molecule has 0 N–H and O–H groups in total. The van der Waals surface area contributed by atoms with Crippen LogP contribution < -0.4 is 0 Å². The highest BCUT2D eigenvalue weighted by atomic mass is 19.1. The molecular formula is C23H30FN. The smallest absolute Gasteiger partial charge is 0.141 e. The molecule has 1 aromatic rings. The average Bonchev–Trinajstić information content (AvgIpc) is 2.67. The summed E-state index contributed by atoms with van der Waals surface area (Å²) in [7, 11) is 0. The summed E-state index contributed by atoms with van der Waals surface area (Å²) in [6, 6.07) is 7.04.